The summed E-state index contributed by atoms with van der Waals surface area (Å²) < 4.78 is 14.3. The summed E-state index contributed by atoms with van der Waals surface area (Å²) in [5.41, 5.74) is 3.03. The fourth-order valence-electron chi connectivity index (χ4n) is 2.72. The predicted molar refractivity (Wildman–Crippen MR) is 85.9 cm³/mol. The highest BCUT2D eigenvalue weighted by atomic mass is 79.9. The van der Waals surface area contributed by atoms with Gasteiger partial charge in [-0.2, -0.15) is 0 Å². The molecule has 1 N–H and O–H groups in total. The smallest absolute Gasteiger partial charge is 0.161 e. The van der Waals surface area contributed by atoms with E-state index in [9.17, 15) is 4.39 Å². The van der Waals surface area contributed by atoms with Gasteiger partial charge in [-0.1, -0.05) is 15.9 Å². The number of nitrogens with one attached hydrogen (secondary N) is 1. The molecule has 1 heterocycles. The number of rotatable bonds is 3. The van der Waals surface area contributed by atoms with Gasteiger partial charge in [0.2, 0.25) is 0 Å². The minimum Gasteiger partial charge on any atom is -0.370 e. The third-order valence-electron chi connectivity index (χ3n) is 3.65. The van der Waals surface area contributed by atoms with Gasteiger partial charge in [-0.3, -0.25) is 0 Å². The second-order valence-electron chi connectivity index (χ2n) is 5.22. The first-order chi connectivity index (χ1) is 10.2. The molecular weight excluding hydrogens is 333 g/mol. The standard InChI is InChI=1S/C16H17BrFN3/c1-2-19-16-13-5-3-4-6-14(13)20-15(21-16)10-7-11(17)9-12(18)8-10/h7-9H,2-6H2,1H3,(H,19,20,21). The summed E-state index contributed by atoms with van der Waals surface area (Å²) in [6.07, 6.45) is 4.33. The molecule has 0 radical (unpaired) electrons. The van der Waals surface area contributed by atoms with Crippen molar-refractivity contribution in [3.63, 3.8) is 0 Å². The first-order valence-electron chi connectivity index (χ1n) is 7.27. The molecule has 1 aromatic heterocycles. The van der Waals surface area contributed by atoms with Gasteiger partial charge in [0.15, 0.2) is 5.82 Å². The summed E-state index contributed by atoms with van der Waals surface area (Å²) in [6, 6.07) is 4.77. The molecule has 21 heavy (non-hydrogen) atoms. The van der Waals surface area contributed by atoms with E-state index in [2.05, 4.69) is 38.1 Å². The van der Waals surface area contributed by atoms with Crippen LogP contribution in [-0.4, -0.2) is 16.5 Å². The summed E-state index contributed by atoms with van der Waals surface area (Å²) in [5.74, 6) is 1.20. The van der Waals surface area contributed by atoms with E-state index >= 15 is 0 Å². The van der Waals surface area contributed by atoms with Gasteiger partial charge in [0.25, 0.3) is 0 Å². The average Bonchev–Trinajstić information content (AvgIpc) is 2.46. The Morgan fingerprint density at radius 2 is 2.00 bits per heavy atom. The number of nitrogens with zero attached hydrogens (tertiary/aromatic N) is 2. The van der Waals surface area contributed by atoms with Gasteiger partial charge in [-0.05, 0) is 50.8 Å². The summed E-state index contributed by atoms with van der Waals surface area (Å²) in [4.78, 5) is 9.29. The Morgan fingerprint density at radius 3 is 2.76 bits per heavy atom. The van der Waals surface area contributed by atoms with Crippen LogP contribution in [0.1, 0.15) is 31.0 Å². The number of hydrogen-bond donors (Lipinski definition) is 1. The lowest BCUT2D eigenvalue weighted by Crippen LogP contribution is -2.13. The quantitative estimate of drug-likeness (QED) is 0.894. The van der Waals surface area contributed by atoms with Crippen molar-refractivity contribution in [2.24, 2.45) is 0 Å². The molecule has 0 unspecified atom stereocenters. The zero-order chi connectivity index (χ0) is 14.8. The largest absolute Gasteiger partial charge is 0.370 e. The summed E-state index contributed by atoms with van der Waals surface area (Å²) in [6.45, 7) is 2.87. The Kier molecular flexibility index (Phi) is 4.19. The minimum atomic E-state index is -0.286. The molecule has 0 saturated carbocycles. The number of anilines is 1. The predicted octanol–water partition coefficient (Wildman–Crippen LogP) is 4.36. The molecule has 2 aromatic rings. The zero-order valence-corrected chi connectivity index (χ0v) is 13.5. The summed E-state index contributed by atoms with van der Waals surface area (Å²) >= 11 is 3.32. The van der Waals surface area contributed by atoms with Gasteiger partial charge in [0.05, 0.1) is 0 Å². The first kappa shape index (κ1) is 14.4. The van der Waals surface area contributed by atoms with Crippen molar-refractivity contribution >= 4 is 21.7 Å². The Morgan fingerprint density at radius 1 is 1.19 bits per heavy atom. The van der Waals surface area contributed by atoms with Crippen molar-refractivity contribution in [1.29, 1.82) is 0 Å². The molecule has 0 amide bonds. The van der Waals surface area contributed by atoms with Gasteiger partial charge in [0.1, 0.15) is 11.6 Å². The Hall–Kier alpha value is -1.49. The van der Waals surface area contributed by atoms with Crippen LogP contribution in [0, 0.1) is 5.82 Å². The molecule has 0 bridgehead atoms. The number of aryl methyl sites for hydroxylation is 1. The van der Waals surface area contributed by atoms with Crippen LogP contribution in [0.15, 0.2) is 22.7 Å². The van der Waals surface area contributed by atoms with Crippen molar-refractivity contribution < 1.29 is 4.39 Å². The molecule has 1 aliphatic carbocycles. The highest BCUT2D eigenvalue weighted by Gasteiger charge is 2.18. The fraction of sp³-hybridized carbons (Fsp3) is 0.375. The number of hydrogen-bond acceptors (Lipinski definition) is 3. The Bertz CT molecular complexity index is 653. The van der Waals surface area contributed by atoms with Gasteiger partial charge >= 0.3 is 0 Å². The van der Waals surface area contributed by atoms with Crippen LogP contribution >= 0.6 is 15.9 Å². The molecule has 110 valence electrons. The second kappa shape index (κ2) is 6.10. The van der Waals surface area contributed by atoms with E-state index in [4.69, 9.17) is 0 Å². The lowest BCUT2D eigenvalue weighted by molar-refractivity contribution is 0.627. The molecule has 0 saturated heterocycles. The van der Waals surface area contributed by atoms with E-state index < -0.39 is 0 Å². The van der Waals surface area contributed by atoms with Gasteiger partial charge in [0, 0.05) is 27.8 Å². The van der Waals surface area contributed by atoms with E-state index in [1.165, 1.54) is 24.1 Å². The third kappa shape index (κ3) is 3.07. The van der Waals surface area contributed by atoms with Gasteiger partial charge in [-0.15, -0.1) is 0 Å². The number of benzene rings is 1. The van der Waals surface area contributed by atoms with Crippen LogP contribution in [0.25, 0.3) is 11.4 Å². The molecule has 0 spiro atoms. The molecule has 5 heteroatoms. The number of halogens is 2. The van der Waals surface area contributed by atoms with E-state index in [-0.39, 0.29) is 5.82 Å². The molecule has 0 aliphatic heterocycles. The van der Waals surface area contributed by atoms with Crippen molar-refractivity contribution in [3.8, 4) is 11.4 Å². The summed E-state index contributed by atoms with van der Waals surface area (Å²) in [7, 11) is 0. The maximum atomic E-state index is 13.6. The number of aromatic nitrogens is 2. The molecule has 3 nitrogen and oxygen atoms in total. The van der Waals surface area contributed by atoms with Gasteiger partial charge in [-0.25, -0.2) is 14.4 Å². The molecule has 0 atom stereocenters. The Labute approximate surface area is 132 Å². The first-order valence-corrected chi connectivity index (χ1v) is 8.07. The van der Waals surface area contributed by atoms with Crippen molar-refractivity contribution in [3.05, 3.63) is 39.7 Å². The van der Waals surface area contributed by atoms with Crippen molar-refractivity contribution in [2.45, 2.75) is 32.6 Å². The molecular formula is C16H17BrFN3. The van der Waals surface area contributed by atoms with E-state index in [1.807, 2.05) is 6.07 Å². The monoisotopic (exact) mass is 349 g/mol. The molecule has 1 aromatic carbocycles. The van der Waals surface area contributed by atoms with Gasteiger partial charge < -0.3 is 5.32 Å². The lowest BCUT2D eigenvalue weighted by atomic mass is 9.96. The summed E-state index contributed by atoms with van der Waals surface area (Å²) in [5, 5.41) is 3.32. The fourth-order valence-corrected chi connectivity index (χ4v) is 3.19. The van der Waals surface area contributed by atoms with Crippen LogP contribution in [0.4, 0.5) is 10.2 Å². The normalized spacial score (nSPS) is 13.9. The van der Waals surface area contributed by atoms with Crippen LogP contribution < -0.4 is 5.32 Å². The molecule has 0 fully saturated rings. The van der Waals surface area contributed by atoms with Crippen LogP contribution in [-0.2, 0) is 12.8 Å². The van der Waals surface area contributed by atoms with E-state index in [0.717, 1.165) is 37.3 Å². The number of fused-ring (bicyclic) bond motifs is 1. The minimum absolute atomic E-state index is 0.286. The lowest BCUT2D eigenvalue weighted by Gasteiger charge is -2.19. The van der Waals surface area contributed by atoms with Crippen molar-refractivity contribution in [1.82, 2.24) is 9.97 Å². The van der Waals surface area contributed by atoms with Crippen LogP contribution in [0.2, 0.25) is 0 Å². The van der Waals surface area contributed by atoms with E-state index in [0.29, 0.717) is 15.9 Å². The second-order valence-corrected chi connectivity index (χ2v) is 6.13. The average molecular weight is 350 g/mol. The zero-order valence-electron chi connectivity index (χ0n) is 11.9. The maximum Gasteiger partial charge on any atom is 0.161 e. The van der Waals surface area contributed by atoms with E-state index in [1.54, 1.807) is 0 Å². The van der Waals surface area contributed by atoms with Crippen molar-refractivity contribution in [2.75, 3.05) is 11.9 Å². The van der Waals surface area contributed by atoms with Crippen LogP contribution in [0.3, 0.4) is 0 Å². The topological polar surface area (TPSA) is 37.8 Å². The SMILES string of the molecule is CCNc1nc(-c2cc(F)cc(Br)c2)nc2c1CCCC2. The third-order valence-corrected chi connectivity index (χ3v) is 4.11. The highest BCUT2D eigenvalue weighted by molar-refractivity contribution is 9.10. The molecule has 3 rings (SSSR count). The highest BCUT2D eigenvalue weighted by Crippen LogP contribution is 2.29. The van der Waals surface area contributed by atoms with Crippen LogP contribution in [0.5, 0.6) is 0 Å². The maximum absolute atomic E-state index is 13.6. The Balaban J connectivity index is 2.12. The molecule has 1 aliphatic rings.